The lowest BCUT2D eigenvalue weighted by atomic mass is 10.2. The molecule has 0 aromatic carbocycles. The van der Waals surface area contributed by atoms with Gasteiger partial charge in [0, 0.05) is 12.6 Å². The Morgan fingerprint density at radius 1 is 1.55 bits per heavy atom. The minimum Gasteiger partial charge on any atom is -0.477 e. The van der Waals surface area contributed by atoms with E-state index in [9.17, 15) is 18.3 Å². The molecule has 1 unspecified atom stereocenters. The van der Waals surface area contributed by atoms with Crippen LogP contribution in [0, 0.1) is 0 Å². The van der Waals surface area contributed by atoms with Gasteiger partial charge in [0.2, 0.25) is 0 Å². The first-order chi connectivity index (χ1) is 9.34. The van der Waals surface area contributed by atoms with E-state index in [-0.39, 0.29) is 22.4 Å². The van der Waals surface area contributed by atoms with Crippen LogP contribution in [-0.4, -0.2) is 48.6 Å². The molecular formula is C12H18N2O4S2. The Labute approximate surface area is 122 Å². The predicted octanol–water partition coefficient (Wildman–Crippen LogP) is 1.42. The predicted molar refractivity (Wildman–Crippen MR) is 78.5 cm³/mol. The summed E-state index contributed by atoms with van der Waals surface area (Å²) in [6.07, 6.45) is 1.45. The summed E-state index contributed by atoms with van der Waals surface area (Å²) >= 11 is 1.14. The second kappa shape index (κ2) is 5.69. The molecule has 0 aliphatic carbocycles. The van der Waals surface area contributed by atoms with E-state index in [4.69, 9.17) is 0 Å². The number of hydrogen-bond donors (Lipinski definition) is 1. The summed E-state index contributed by atoms with van der Waals surface area (Å²) in [6.45, 7) is 4.18. The number of rotatable bonds is 4. The molecule has 0 radical (unpaired) electrons. The van der Waals surface area contributed by atoms with Crippen LogP contribution in [0.25, 0.3) is 0 Å². The van der Waals surface area contributed by atoms with Crippen LogP contribution in [-0.2, 0) is 16.3 Å². The molecule has 0 spiro atoms. The van der Waals surface area contributed by atoms with Crippen LogP contribution < -0.4 is 4.90 Å². The molecule has 112 valence electrons. The Kier molecular flexibility index (Phi) is 4.33. The quantitative estimate of drug-likeness (QED) is 0.903. The number of carboxylic acids is 1. The van der Waals surface area contributed by atoms with Crippen molar-refractivity contribution in [3.05, 3.63) is 10.6 Å². The van der Waals surface area contributed by atoms with Crippen molar-refractivity contribution >= 4 is 32.3 Å². The molecule has 1 N–H and O–H groups in total. The van der Waals surface area contributed by atoms with E-state index in [1.807, 2.05) is 18.7 Å². The number of aromatic nitrogens is 1. The molecule has 1 fully saturated rings. The summed E-state index contributed by atoms with van der Waals surface area (Å²) in [6, 6.07) is -0.170. The van der Waals surface area contributed by atoms with Gasteiger partial charge in [-0.1, -0.05) is 24.7 Å². The van der Waals surface area contributed by atoms with Gasteiger partial charge in [-0.05, 0) is 13.3 Å². The van der Waals surface area contributed by atoms with Gasteiger partial charge in [-0.25, -0.2) is 18.2 Å². The standard InChI is InChI=1S/C12H18N2O4S2/c1-3-4-9-10(11(15)16)19-12(13-9)14-5-6-20(17,18)7-8(14)2/h8H,3-7H2,1-2H3,(H,15,16). The van der Waals surface area contributed by atoms with E-state index in [1.165, 1.54) is 0 Å². The minimum atomic E-state index is -2.98. The van der Waals surface area contributed by atoms with Crippen LogP contribution in [0.4, 0.5) is 5.13 Å². The molecule has 8 heteroatoms. The molecule has 6 nitrogen and oxygen atoms in total. The third kappa shape index (κ3) is 3.12. The monoisotopic (exact) mass is 318 g/mol. The first-order valence-corrected chi connectivity index (χ1v) is 9.18. The van der Waals surface area contributed by atoms with E-state index in [1.54, 1.807) is 0 Å². The molecule has 20 heavy (non-hydrogen) atoms. The van der Waals surface area contributed by atoms with Crippen molar-refractivity contribution in [2.24, 2.45) is 0 Å². The maximum absolute atomic E-state index is 11.6. The van der Waals surface area contributed by atoms with E-state index in [2.05, 4.69) is 4.98 Å². The Morgan fingerprint density at radius 2 is 2.25 bits per heavy atom. The Balaban J connectivity index is 2.29. The highest BCUT2D eigenvalue weighted by Gasteiger charge is 2.31. The number of aryl methyl sites for hydroxylation is 1. The number of nitrogens with zero attached hydrogens (tertiary/aromatic N) is 2. The molecule has 2 rings (SSSR count). The van der Waals surface area contributed by atoms with Crippen molar-refractivity contribution in [1.82, 2.24) is 4.98 Å². The lowest BCUT2D eigenvalue weighted by Crippen LogP contribution is -2.47. The topological polar surface area (TPSA) is 87.6 Å². The second-order valence-corrected chi connectivity index (χ2v) is 8.19. The maximum Gasteiger partial charge on any atom is 0.347 e. The fourth-order valence-electron chi connectivity index (χ4n) is 2.32. The van der Waals surface area contributed by atoms with Gasteiger partial charge < -0.3 is 10.0 Å². The highest BCUT2D eigenvalue weighted by atomic mass is 32.2. The van der Waals surface area contributed by atoms with Gasteiger partial charge in [-0.2, -0.15) is 0 Å². The summed E-state index contributed by atoms with van der Waals surface area (Å²) < 4.78 is 23.2. The summed E-state index contributed by atoms with van der Waals surface area (Å²) in [5, 5.41) is 9.83. The number of sulfone groups is 1. The van der Waals surface area contributed by atoms with Crippen molar-refractivity contribution in [3.8, 4) is 0 Å². The number of carboxylic acid groups (broad SMARTS) is 1. The largest absolute Gasteiger partial charge is 0.477 e. The van der Waals surface area contributed by atoms with Gasteiger partial charge in [0.1, 0.15) is 4.88 Å². The molecule has 2 heterocycles. The van der Waals surface area contributed by atoms with Crippen LogP contribution in [0.2, 0.25) is 0 Å². The number of aromatic carboxylic acids is 1. The molecule has 0 amide bonds. The molecule has 1 aliphatic heterocycles. The Morgan fingerprint density at radius 3 is 2.80 bits per heavy atom. The van der Waals surface area contributed by atoms with Crippen molar-refractivity contribution in [3.63, 3.8) is 0 Å². The first-order valence-electron chi connectivity index (χ1n) is 6.54. The van der Waals surface area contributed by atoms with E-state index in [0.29, 0.717) is 23.8 Å². The lowest BCUT2D eigenvalue weighted by Gasteiger charge is -2.32. The highest BCUT2D eigenvalue weighted by Crippen LogP contribution is 2.30. The second-order valence-electron chi connectivity index (χ2n) is 4.98. The fraction of sp³-hybridized carbons (Fsp3) is 0.667. The number of thiazole rings is 1. The third-order valence-electron chi connectivity index (χ3n) is 3.28. The van der Waals surface area contributed by atoms with Crippen molar-refractivity contribution in [2.75, 3.05) is 23.0 Å². The Bertz CT molecular complexity index is 609. The number of carbonyl (C=O) groups is 1. The average Bonchev–Trinajstić information content (AvgIpc) is 2.72. The molecule has 1 atom stereocenters. The average molecular weight is 318 g/mol. The zero-order valence-electron chi connectivity index (χ0n) is 11.5. The summed E-state index contributed by atoms with van der Waals surface area (Å²) in [7, 11) is -2.98. The van der Waals surface area contributed by atoms with Gasteiger partial charge in [0.05, 0.1) is 17.2 Å². The molecule has 0 bridgehead atoms. The summed E-state index contributed by atoms with van der Waals surface area (Å²) in [5.41, 5.74) is 0.598. The zero-order chi connectivity index (χ0) is 14.9. The van der Waals surface area contributed by atoms with Gasteiger partial charge in [0.15, 0.2) is 15.0 Å². The van der Waals surface area contributed by atoms with Crippen LogP contribution >= 0.6 is 11.3 Å². The van der Waals surface area contributed by atoms with Crippen molar-refractivity contribution in [2.45, 2.75) is 32.7 Å². The van der Waals surface area contributed by atoms with Crippen LogP contribution in [0.5, 0.6) is 0 Å². The molecule has 1 aromatic heterocycles. The summed E-state index contributed by atoms with van der Waals surface area (Å²) in [5.74, 6) is -0.768. The zero-order valence-corrected chi connectivity index (χ0v) is 13.1. The summed E-state index contributed by atoms with van der Waals surface area (Å²) in [4.78, 5) is 17.8. The van der Waals surface area contributed by atoms with Gasteiger partial charge in [-0.3, -0.25) is 0 Å². The minimum absolute atomic E-state index is 0.0953. The van der Waals surface area contributed by atoms with Crippen molar-refractivity contribution in [1.29, 1.82) is 0 Å². The highest BCUT2D eigenvalue weighted by molar-refractivity contribution is 7.91. The molecular weight excluding hydrogens is 300 g/mol. The number of hydrogen-bond acceptors (Lipinski definition) is 6. The SMILES string of the molecule is CCCc1nc(N2CCS(=O)(=O)CC2C)sc1C(=O)O. The molecule has 1 saturated heterocycles. The normalized spacial score (nSPS) is 21.9. The smallest absolute Gasteiger partial charge is 0.347 e. The lowest BCUT2D eigenvalue weighted by molar-refractivity contribution is 0.0700. The molecule has 1 aliphatic rings. The van der Waals surface area contributed by atoms with E-state index in [0.717, 1.165) is 17.8 Å². The van der Waals surface area contributed by atoms with Gasteiger partial charge in [-0.15, -0.1) is 0 Å². The van der Waals surface area contributed by atoms with Gasteiger partial charge in [0.25, 0.3) is 0 Å². The van der Waals surface area contributed by atoms with Crippen LogP contribution in [0.3, 0.4) is 0 Å². The maximum atomic E-state index is 11.6. The number of anilines is 1. The third-order valence-corrected chi connectivity index (χ3v) is 6.20. The molecule has 1 aromatic rings. The Hall–Kier alpha value is -1.15. The van der Waals surface area contributed by atoms with Crippen molar-refractivity contribution < 1.29 is 18.3 Å². The van der Waals surface area contributed by atoms with Gasteiger partial charge >= 0.3 is 5.97 Å². The molecule has 0 saturated carbocycles. The van der Waals surface area contributed by atoms with E-state index < -0.39 is 15.8 Å². The van der Waals surface area contributed by atoms with Crippen LogP contribution in [0.1, 0.15) is 35.6 Å². The fourth-order valence-corrected chi connectivity index (χ4v) is 4.95. The first kappa shape index (κ1) is 15.2. The van der Waals surface area contributed by atoms with E-state index >= 15 is 0 Å². The van der Waals surface area contributed by atoms with Crippen LogP contribution in [0.15, 0.2) is 0 Å².